The predicted octanol–water partition coefficient (Wildman–Crippen LogP) is 0.723. The molecule has 0 radical (unpaired) electrons. The van der Waals surface area contributed by atoms with Gasteiger partial charge in [0.25, 0.3) is 0 Å². The Morgan fingerprint density at radius 3 is 0.931 bits per heavy atom. The number of aromatic hydroxyl groups is 2. The van der Waals surface area contributed by atoms with Gasteiger partial charge in [0.1, 0.15) is 33.8 Å². The van der Waals surface area contributed by atoms with Gasteiger partial charge < -0.3 is 30.6 Å². The fourth-order valence-electron chi connectivity index (χ4n) is 2.31. The first-order valence-corrected chi connectivity index (χ1v) is 8.69. The van der Waals surface area contributed by atoms with Gasteiger partial charge in [-0.15, -0.1) is 0 Å². The number of phenols is 2. The minimum Gasteiger partial charge on any atom is -0.506 e. The summed E-state index contributed by atoms with van der Waals surface area (Å²) in [4.78, 5) is 42.9. The lowest BCUT2D eigenvalue weighted by Crippen LogP contribution is -2.12. The summed E-state index contributed by atoms with van der Waals surface area (Å²) in [7, 11) is -4.87. The second-order valence-electron chi connectivity index (χ2n) is 5.46. The van der Waals surface area contributed by atoms with Crippen molar-refractivity contribution in [3.8, 4) is 11.5 Å². The molecule has 12 nitrogen and oxygen atoms in total. The molecule has 0 amide bonds. The van der Waals surface area contributed by atoms with Gasteiger partial charge in [0.2, 0.25) is 9.84 Å². The van der Waals surface area contributed by atoms with E-state index >= 15 is 0 Å². The van der Waals surface area contributed by atoms with Crippen LogP contribution in [-0.2, 0) is 9.84 Å². The standard InChI is InChI=1S/C16H10O12S/c17-11-7(13(19)20)1-5(2-8(11)14(21)22)29(27,28)6-3-9(15(23)24)12(18)10(4-6)16(25)26/h1-4,17-18H,(H,19,20)(H,21,22)(H,23,24)(H,25,26). The van der Waals surface area contributed by atoms with Crippen LogP contribution in [0.15, 0.2) is 34.1 Å². The summed E-state index contributed by atoms with van der Waals surface area (Å²) in [6, 6.07) is 1.70. The maximum atomic E-state index is 12.8. The van der Waals surface area contributed by atoms with Crippen LogP contribution in [-0.4, -0.2) is 62.9 Å². The minimum absolute atomic E-state index is 0.424. The Kier molecular flexibility index (Phi) is 5.20. The fraction of sp³-hybridized carbons (Fsp3) is 0. The van der Waals surface area contributed by atoms with Crippen LogP contribution in [0.5, 0.6) is 11.5 Å². The smallest absolute Gasteiger partial charge is 0.339 e. The average molecular weight is 426 g/mol. The quantitative estimate of drug-likeness (QED) is 0.376. The molecule has 0 aliphatic heterocycles. The molecule has 2 aromatic carbocycles. The van der Waals surface area contributed by atoms with Crippen molar-refractivity contribution in [3.05, 3.63) is 46.5 Å². The largest absolute Gasteiger partial charge is 0.506 e. The molecule has 29 heavy (non-hydrogen) atoms. The van der Waals surface area contributed by atoms with E-state index in [2.05, 4.69) is 0 Å². The highest BCUT2D eigenvalue weighted by Gasteiger charge is 2.29. The maximum absolute atomic E-state index is 12.8. The highest BCUT2D eigenvalue weighted by atomic mass is 32.2. The first-order valence-electron chi connectivity index (χ1n) is 7.21. The molecule has 6 N–H and O–H groups in total. The lowest BCUT2D eigenvalue weighted by molar-refractivity contribution is 0.0668. The molecule has 0 heterocycles. The number of benzene rings is 2. The van der Waals surface area contributed by atoms with Gasteiger partial charge in [-0.05, 0) is 24.3 Å². The molecular formula is C16H10O12S. The van der Waals surface area contributed by atoms with Crippen LogP contribution in [0.1, 0.15) is 41.4 Å². The van der Waals surface area contributed by atoms with Crippen molar-refractivity contribution < 1.29 is 58.2 Å². The minimum atomic E-state index is -4.87. The van der Waals surface area contributed by atoms with Crippen LogP contribution >= 0.6 is 0 Å². The molecule has 0 unspecified atom stereocenters. The van der Waals surface area contributed by atoms with Crippen LogP contribution in [0, 0.1) is 0 Å². The van der Waals surface area contributed by atoms with Crippen molar-refractivity contribution >= 4 is 33.7 Å². The van der Waals surface area contributed by atoms with Gasteiger partial charge in [-0.25, -0.2) is 27.6 Å². The molecule has 0 aromatic heterocycles. The molecule has 0 saturated heterocycles. The molecule has 13 heteroatoms. The zero-order valence-electron chi connectivity index (χ0n) is 13.9. The number of rotatable bonds is 6. The Bertz CT molecular complexity index is 1030. The van der Waals surface area contributed by atoms with E-state index in [-0.39, 0.29) is 0 Å². The van der Waals surface area contributed by atoms with Gasteiger partial charge in [0, 0.05) is 0 Å². The lowest BCUT2D eigenvalue weighted by atomic mass is 10.1. The van der Waals surface area contributed by atoms with Gasteiger partial charge in [0.05, 0.1) is 9.79 Å². The fourth-order valence-corrected chi connectivity index (χ4v) is 3.68. The highest BCUT2D eigenvalue weighted by Crippen LogP contribution is 2.33. The van der Waals surface area contributed by atoms with E-state index in [1.807, 2.05) is 0 Å². The van der Waals surface area contributed by atoms with E-state index in [1.165, 1.54) is 0 Å². The average Bonchev–Trinajstić information content (AvgIpc) is 2.60. The van der Waals surface area contributed by atoms with Crippen LogP contribution in [0.3, 0.4) is 0 Å². The van der Waals surface area contributed by atoms with Crippen molar-refractivity contribution in [1.29, 1.82) is 0 Å². The number of carboxylic acid groups (broad SMARTS) is 4. The third-order valence-corrected chi connectivity index (χ3v) is 5.42. The number of aromatic carboxylic acids is 4. The second-order valence-corrected chi connectivity index (χ2v) is 7.41. The van der Waals surface area contributed by atoms with Crippen molar-refractivity contribution in [2.75, 3.05) is 0 Å². The van der Waals surface area contributed by atoms with Crippen LogP contribution < -0.4 is 0 Å². The molecule has 0 bridgehead atoms. The monoisotopic (exact) mass is 426 g/mol. The lowest BCUT2D eigenvalue weighted by Gasteiger charge is -2.12. The molecule has 0 fully saturated rings. The third kappa shape index (κ3) is 3.66. The number of carbonyl (C=O) groups is 4. The van der Waals surface area contributed by atoms with E-state index in [0.29, 0.717) is 24.3 Å². The molecule has 0 saturated carbocycles. The number of carboxylic acids is 4. The van der Waals surface area contributed by atoms with Crippen molar-refractivity contribution in [2.45, 2.75) is 9.79 Å². The Balaban J connectivity index is 2.90. The van der Waals surface area contributed by atoms with Crippen LogP contribution in [0.2, 0.25) is 0 Å². The van der Waals surface area contributed by atoms with Gasteiger partial charge in [-0.2, -0.15) is 0 Å². The SMILES string of the molecule is O=C(O)c1cc(S(=O)(=O)c2cc(C(=O)O)c(O)c(C(=O)O)c2)cc(C(=O)O)c1O. The van der Waals surface area contributed by atoms with E-state index in [1.54, 1.807) is 0 Å². The first-order chi connectivity index (χ1) is 13.3. The number of hydrogen-bond donors (Lipinski definition) is 6. The normalized spacial score (nSPS) is 11.0. The molecule has 152 valence electrons. The first kappa shape index (κ1) is 21.2. The van der Waals surface area contributed by atoms with Gasteiger partial charge in [0.15, 0.2) is 0 Å². The Morgan fingerprint density at radius 1 is 0.552 bits per heavy atom. The van der Waals surface area contributed by atoms with E-state index in [4.69, 9.17) is 20.4 Å². The molecular weight excluding hydrogens is 416 g/mol. The Hall–Kier alpha value is -4.13. The van der Waals surface area contributed by atoms with Crippen molar-refractivity contribution in [1.82, 2.24) is 0 Å². The van der Waals surface area contributed by atoms with Crippen molar-refractivity contribution in [3.63, 3.8) is 0 Å². The Morgan fingerprint density at radius 2 is 0.759 bits per heavy atom. The molecule has 0 aliphatic carbocycles. The summed E-state index contributed by atoms with van der Waals surface area (Å²) >= 11 is 0. The van der Waals surface area contributed by atoms with E-state index in [9.17, 15) is 37.8 Å². The number of hydrogen-bond acceptors (Lipinski definition) is 8. The van der Waals surface area contributed by atoms with E-state index < -0.39 is 77.3 Å². The molecule has 0 atom stereocenters. The van der Waals surface area contributed by atoms with Crippen molar-refractivity contribution in [2.24, 2.45) is 0 Å². The molecule has 0 spiro atoms. The zero-order chi connectivity index (χ0) is 22.3. The maximum Gasteiger partial charge on any atom is 0.339 e. The topological polar surface area (TPSA) is 224 Å². The Labute approximate surface area is 160 Å². The summed E-state index contributed by atoms with van der Waals surface area (Å²) in [5, 5.41) is 55.7. The summed E-state index contributed by atoms with van der Waals surface area (Å²) in [6.07, 6.45) is 0. The molecule has 2 aromatic rings. The number of sulfone groups is 1. The summed E-state index contributed by atoms with van der Waals surface area (Å²) < 4.78 is 25.6. The zero-order valence-corrected chi connectivity index (χ0v) is 14.7. The van der Waals surface area contributed by atoms with Crippen LogP contribution in [0.4, 0.5) is 0 Å². The summed E-state index contributed by atoms with van der Waals surface area (Å²) in [6.45, 7) is 0. The predicted molar refractivity (Wildman–Crippen MR) is 89.5 cm³/mol. The van der Waals surface area contributed by atoms with E-state index in [0.717, 1.165) is 0 Å². The summed E-state index contributed by atoms with van der Waals surface area (Å²) in [5.74, 6) is -9.86. The van der Waals surface area contributed by atoms with Gasteiger partial charge >= 0.3 is 23.9 Å². The van der Waals surface area contributed by atoms with Gasteiger partial charge in [-0.3, -0.25) is 0 Å². The third-order valence-electron chi connectivity index (χ3n) is 3.71. The van der Waals surface area contributed by atoms with Crippen LogP contribution in [0.25, 0.3) is 0 Å². The second kappa shape index (κ2) is 7.12. The molecule has 2 rings (SSSR count). The highest BCUT2D eigenvalue weighted by molar-refractivity contribution is 7.91. The molecule has 0 aliphatic rings. The summed E-state index contributed by atoms with van der Waals surface area (Å²) in [5.41, 5.74) is -4.28. The van der Waals surface area contributed by atoms with Gasteiger partial charge in [-0.1, -0.05) is 0 Å².